The first-order chi connectivity index (χ1) is 18.5. The summed E-state index contributed by atoms with van der Waals surface area (Å²) in [6.45, 7) is 4.79. The lowest BCUT2D eigenvalue weighted by atomic mass is 9.97. The van der Waals surface area contributed by atoms with Crippen molar-refractivity contribution in [3.63, 3.8) is 0 Å². The van der Waals surface area contributed by atoms with Gasteiger partial charge in [-0.25, -0.2) is 4.68 Å². The molecule has 2 aromatic heterocycles. The van der Waals surface area contributed by atoms with Crippen LogP contribution in [-0.4, -0.2) is 80.4 Å². The van der Waals surface area contributed by atoms with E-state index in [1.807, 2.05) is 29.1 Å². The number of carbonyl (C=O) groups excluding carboxylic acids is 5. The maximum Gasteiger partial charge on any atom is 0.303 e. The predicted molar refractivity (Wildman–Crippen MR) is 128 cm³/mol. The van der Waals surface area contributed by atoms with Gasteiger partial charge in [-0.3, -0.25) is 24.0 Å². The monoisotopic (exact) mass is 549 g/mol. The summed E-state index contributed by atoms with van der Waals surface area (Å²) in [6.07, 6.45) is -0.884. The van der Waals surface area contributed by atoms with Gasteiger partial charge in [0.2, 0.25) is 5.91 Å². The number of hydrogen-bond acceptors (Lipinski definition) is 12. The Morgan fingerprint density at radius 3 is 2.13 bits per heavy atom. The Morgan fingerprint density at radius 1 is 0.897 bits per heavy atom. The molecule has 5 atom stereocenters. The Kier molecular flexibility index (Phi) is 10.1. The molecule has 3 heterocycles. The minimum Gasteiger partial charge on any atom is -0.463 e. The van der Waals surface area contributed by atoms with E-state index in [1.165, 1.54) is 17.8 Å². The zero-order chi connectivity index (χ0) is 28.5. The van der Waals surface area contributed by atoms with Gasteiger partial charge in [0.25, 0.3) is 0 Å². The molecule has 1 saturated heterocycles. The summed E-state index contributed by atoms with van der Waals surface area (Å²) in [7, 11) is 0. The third kappa shape index (κ3) is 8.63. The summed E-state index contributed by atoms with van der Waals surface area (Å²) in [5.41, 5.74) is 0.358. The Bertz CT molecular complexity index is 1160. The Hall–Kier alpha value is -4.27. The maximum atomic E-state index is 12.2. The van der Waals surface area contributed by atoms with Gasteiger partial charge < -0.3 is 33.6 Å². The minimum atomic E-state index is -1.34. The van der Waals surface area contributed by atoms with E-state index < -0.39 is 54.5 Å². The van der Waals surface area contributed by atoms with Gasteiger partial charge in [-0.2, -0.15) is 0 Å². The lowest BCUT2D eigenvalue weighted by Gasteiger charge is -2.44. The molecule has 212 valence electrons. The van der Waals surface area contributed by atoms with Crippen LogP contribution >= 0.6 is 0 Å². The van der Waals surface area contributed by atoms with Crippen LogP contribution in [0.2, 0.25) is 0 Å². The third-order valence-corrected chi connectivity index (χ3v) is 5.51. The quantitative estimate of drug-likeness (QED) is 0.294. The largest absolute Gasteiger partial charge is 0.463 e. The van der Waals surface area contributed by atoms with Gasteiger partial charge in [-0.1, -0.05) is 5.21 Å². The normalized spacial score (nSPS) is 22.4. The van der Waals surface area contributed by atoms with Gasteiger partial charge in [-0.05, 0) is 12.1 Å². The Balaban J connectivity index is 1.81. The van der Waals surface area contributed by atoms with Gasteiger partial charge in [0.1, 0.15) is 18.4 Å². The summed E-state index contributed by atoms with van der Waals surface area (Å²) in [6, 6.07) is 3.73. The summed E-state index contributed by atoms with van der Waals surface area (Å²) in [4.78, 5) is 59.5. The van der Waals surface area contributed by atoms with Crippen molar-refractivity contribution in [3.8, 4) is 0 Å². The van der Waals surface area contributed by atoms with Crippen molar-refractivity contribution >= 4 is 29.8 Å². The second-order valence-electron chi connectivity index (χ2n) is 8.73. The van der Waals surface area contributed by atoms with E-state index in [9.17, 15) is 24.0 Å². The zero-order valence-corrected chi connectivity index (χ0v) is 22.0. The smallest absolute Gasteiger partial charge is 0.303 e. The second kappa shape index (κ2) is 13.5. The molecule has 0 bridgehead atoms. The van der Waals surface area contributed by atoms with Crippen LogP contribution in [0.5, 0.6) is 0 Å². The summed E-state index contributed by atoms with van der Waals surface area (Å²) in [5.74, 6) is -3.04. The molecule has 1 amide bonds. The minimum absolute atomic E-state index is 0.0514. The van der Waals surface area contributed by atoms with E-state index in [1.54, 1.807) is 0 Å². The molecule has 0 spiro atoms. The Labute approximate surface area is 223 Å². The number of carbonyl (C=O) groups is 5. The van der Waals surface area contributed by atoms with Crippen molar-refractivity contribution in [1.82, 2.24) is 24.9 Å². The van der Waals surface area contributed by atoms with E-state index in [-0.39, 0.29) is 25.5 Å². The molecule has 1 N–H and O–H groups in total. The molecule has 1 aliphatic rings. The molecule has 39 heavy (non-hydrogen) atoms. The van der Waals surface area contributed by atoms with Crippen molar-refractivity contribution in [2.24, 2.45) is 0 Å². The van der Waals surface area contributed by atoms with E-state index >= 15 is 0 Å². The van der Waals surface area contributed by atoms with Crippen LogP contribution in [0.3, 0.4) is 0 Å². The molecule has 0 radical (unpaired) electrons. The number of esters is 4. The van der Waals surface area contributed by atoms with Gasteiger partial charge in [-0.15, -0.1) is 5.10 Å². The van der Waals surface area contributed by atoms with E-state index in [4.69, 9.17) is 23.7 Å². The van der Waals surface area contributed by atoms with Crippen LogP contribution in [0, 0.1) is 0 Å². The van der Waals surface area contributed by atoms with Gasteiger partial charge in [0.15, 0.2) is 24.5 Å². The maximum absolute atomic E-state index is 12.2. The third-order valence-electron chi connectivity index (χ3n) is 5.51. The highest BCUT2D eigenvalue weighted by Gasteiger charge is 2.53. The van der Waals surface area contributed by atoms with Gasteiger partial charge >= 0.3 is 23.9 Å². The molecule has 15 heteroatoms. The highest BCUT2D eigenvalue weighted by atomic mass is 16.7. The van der Waals surface area contributed by atoms with Crippen LogP contribution in [0.1, 0.15) is 46.0 Å². The number of rotatable bonds is 11. The predicted octanol–water partition coefficient (Wildman–Crippen LogP) is 0.0417. The number of aryl methyl sites for hydroxylation is 1. The number of nitrogens with one attached hydrogen (secondary N) is 1. The van der Waals surface area contributed by atoms with Crippen molar-refractivity contribution in [2.45, 2.75) is 77.8 Å². The first kappa shape index (κ1) is 29.3. The average Bonchev–Trinajstić information content (AvgIpc) is 3.54. The first-order valence-electron chi connectivity index (χ1n) is 12.1. The van der Waals surface area contributed by atoms with Crippen LogP contribution < -0.4 is 5.32 Å². The molecule has 0 saturated carbocycles. The van der Waals surface area contributed by atoms with Crippen LogP contribution in [-0.2, 0) is 60.7 Å². The highest BCUT2D eigenvalue weighted by Crippen LogP contribution is 2.34. The second-order valence-corrected chi connectivity index (χ2v) is 8.73. The summed E-state index contributed by atoms with van der Waals surface area (Å²) < 4.78 is 30.4. The molecular formula is C24H31N5O10. The molecule has 1 aliphatic heterocycles. The standard InChI is InChI=1S/C24H31N5O10/c1-14(30)35-13-19-21(36-15(2)31)22(37-16(3)32)23(38-17(4)33)24(39-19)29-12-18(26-27-29)11-25-20(34)7-10-28-8-5-6-9-28/h5-6,8-9,12,19,21-24H,7,10-11,13H2,1-4H3,(H,25,34)/t19?,21-,22?,23?,24-/m1/s1. The molecule has 15 nitrogen and oxygen atoms in total. The SMILES string of the molecule is CC(=O)OCC1O[C@@H](n2cc(CNC(=O)CCn3cccc3)nn2)C(OC(C)=O)C(OC(C)=O)[C@@H]1OC(C)=O. The first-order valence-corrected chi connectivity index (χ1v) is 12.1. The lowest BCUT2D eigenvalue weighted by molar-refractivity contribution is -0.270. The lowest BCUT2D eigenvalue weighted by Crippen LogP contribution is -2.60. The van der Waals surface area contributed by atoms with Crippen LogP contribution in [0.4, 0.5) is 0 Å². The molecule has 0 aromatic carbocycles. The van der Waals surface area contributed by atoms with E-state index in [2.05, 4.69) is 15.6 Å². The molecule has 3 rings (SSSR count). The molecular weight excluding hydrogens is 518 g/mol. The van der Waals surface area contributed by atoms with Gasteiger partial charge in [0, 0.05) is 53.1 Å². The number of hydrogen-bond donors (Lipinski definition) is 1. The topological polar surface area (TPSA) is 179 Å². The molecule has 3 unspecified atom stereocenters. The zero-order valence-electron chi connectivity index (χ0n) is 22.0. The van der Waals surface area contributed by atoms with Crippen LogP contribution in [0.15, 0.2) is 30.7 Å². The van der Waals surface area contributed by atoms with Crippen LogP contribution in [0.25, 0.3) is 0 Å². The number of ether oxygens (including phenoxy) is 5. The molecule has 1 fully saturated rings. The molecule has 2 aromatic rings. The van der Waals surface area contributed by atoms with E-state index in [0.29, 0.717) is 12.2 Å². The Morgan fingerprint density at radius 2 is 1.51 bits per heavy atom. The molecule has 0 aliphatic carbocycles. The number of aromatic nitrogens is 4. The van der Waals surface area contributed by atoms with Crippen molar-refractivity contribution < 1.29 is 47.7 Å². The number of nitrogens with zero attached hydrogens (tertiary/aromatic N) is 4. The van der Waals surface area contributed by atoms with E-state index in [0.717, 1.165) is 20.8 Å². The van der Waals surface area contributed by atoms with Crippen molar-refractivity contribution in [1.29, 1.82) is 0 Å². The fourth-order valence-electron chi connectivity index (χ4n) is 3.96. The van der Waals surface area contributed by atoms with Gasteiger partial charge in [0.05, 0.1) is 12.7 Å². The summed E-state index contributed by atoms with van der Waals surface area (Å²) in [5, 5.41) is 10.8. The summed E-state index contributed by atoms with van der Waals surface area (Å²) >= 11 is 0. The average molecular weight is 550 g/mol. The highest BCUT2D eigenvalue weighted by molar-refractivity contribution is 5.75. The fraction of sp³-hybridized carbons (Fsp3) is 0.542. The fourth-order valence-corrected chi connectivity index (χ4v) is 3.96. The number of amides is 1. The van der Waals surface area contributed by atoms with Crippen molar-refractivity contribution in [2.75, 3.05) is 6.61 Å². The van der Waals surface area contributed by atoms with Crippen molar-refractivity contribution in [3.05, 3.63) is 36.4 Å².